The van der Waals surface area contributed by atoms with Crippen LogP contribution in [0, 0.1) is 24.2 Å². The highest BCUT2D eigenvalue weighted by Crippen LogP contribution is 2.27. The topological polar surface area (TPSA) is 106 Å². The van der Waals surface area contributed by atoms with Crippen LogP contribution in [0.25, 0.3) is 23.0 Å². The van der Waals surface area contributed by atoms with Gasteiger partial charge in [0.2, 0.25) is 5.82 Å². The maximum Gasteiger partial charge on any atom is 0.573 e. The molecule has 1 aliphatic rings. The third kappa shape index (κ3) is 5.72. The van der Waals surface area contributed by atoms with Crippen LogP contribution in [0.3, 0.4) is 0 Å². The molecule has 1 aromatic carbocycles. The van der Waals surface area contributed by atoms with Crippen LogP contribution < -0.4 is 9.64 Å². The largest absolute Gasteiger partial charge is 0.573 e. The standard InChI is InChI=1S/C25H22F3N7O2/c1-16-12-21(24-31-23(33-37-24)19-2-4-20(5-3-19)36-25(26,27)28)32-35(16)15-18-6-9-30-22(13-18)34-10-7-17(14-29)8-11-34/h2-6,9,12-13,17H,7-8,10-11,15H2,1H3. The number of rotatable bonds is 6. The second kappa shape index (κ2) is 9.93. The molecule has 37 heavy (non-hydrogen) atoms. The number of halogens is 3. The number of alkyl halides is 3. The fourth-order valence-corrected chi connectivity index (χ4v) is 4.17. The number of aromatic nitrogens is 5. The van der Waals surface area contributed by atoms with Gasteiger partial charge in [0, 0.05) is 36.5 Å². The zero-order valence-electron chi connectivity index (χ0n) is 19.8. The van der Waals surface area contributed by atoms with E-state index in [9.17, 15) is 13.2 Å². The first-order valence-electron chi connectivity index (χ1n) is 11.6. The second-order valence-electron chi connectivity index (χ2n) is 8.74. The van der Waals surface area contributed by atoms with E-state index in [4.69, 9.17) is 9.78 Å². The fraction of sp³-hybridized carbons (Fsp3) is 0.320. The Morgan fingerprint density at radius 1 is 1.14 bits per heavy atom. The van der Waals surface area contributed by atoms with Crippen molar-refractivity contribution >= 4 is 5.82 Å². The first kappa shape index (κ1) is 24.3. The molecular weight excluding hydrogens is 487 g/mol. The van der Waals surface area contributed by atoms with Gasteiger partial charge >= 0.3 is 6.36 Å². The zero-order chi connectivity index (χ0) is 26.0. The molecule has 4 heterocycles. The molecule has 0 saturated carbocycles. The molecular formula is C25H22F3N7O2. The van der Waals surface area contributed by atoms with Crippen LogP contribution >= 0.6 is 0 Å². The van der Waals surface area contributed by atoms with Crippen LogP contribution in [0.4, 0.5) is 19.0 Å². The molecule has 0 aliphatic carbocycles. The van der Waals surface area contributed by atoms with Gasteiger partial charge in [-0.25, -0.2) is 4.98 Å². The highest BCUT2D eigenvalue weighted by atomic mass is 19.4. The van der Waals surface area contributed by atoms with E-state index in [1.807, 2.05) is 29.8 Å². The molecule has 190 valence electrons. The van der Waals surface area contributed by atoms with Crippen molar-refractivity contribution < 1.29 is 22.4 Å². The number of hydrogen-bond acceptors (Lipinski definition) is 8. The summed E-state index contributed by atoms with van der Waals surface area (Å²) in [6.45, 7) is 4.04. The van der Waals surface area contributed by atoms with Gasteiger partial charge in [-0.15, -0.1) is 13.2 Å². The summed E-state index contributed by atoms with van der Waals surface area (Å²) in [4.78, 5) is 11.0. The summed E-state index contributed by atoms with van der Waals surface area (Å²) in [5, 5.41) is 17.7. The summed E-state index contributed by atoms with van der Waals surface area (Å²) >= 11 is 0. The van der Waals surface area contributed by atoms with Gasteiger partial charge in [0.15, 0.2) is 5.69 Å². The Kier molecular flexibility index (Phi) is 6.52. The fourth-order valence-electron chi connectivity index (χ4n) is 4.17. The highest BCUT2D eigenvalue weighted by Gasteiger charge is 2.31. The number of piperidine rings is 1. The lowest BCUT2D eigenvalue weighted by molar-refractivity contribution is -0.274. The number of pyridine rings is 1. The predicted molar refractivity (Wildman–Crippen MR) is 126 cm³/mol. The molecule has 12 heteroatoms. The average molecular weight is 509 g/mol. The molecule has 1 aliphatic heterocycles. The molecule has 0 bridgehead atoms. The van der Waals surface area contributed by atoms with Crippen LogP contribution in [0.5, 0.6) is 5.75 Å². The van der Waals surface area contributed by atoms with E-state index in [1.54, 1.807) is 6.20 Å². The van der Waals surface area contributed by atoms with Crippen molar-refractivity contribution in [1.29, 1.82) is 5.26 Å². The van der Waals surface area contributed by atoms with Crippen LogP contribution in [-0.4, -0.2) is 44.4 Å². The maximum atomic E-state index is 12.4. The molecule has 1 saturated heterocycles. The molecule has 9 nitrogen and oxygen atoms in total. The van der Waals surface area contributed by atoms with Crippen molar-refractivity contribution in [3.05, 3.63) is 59.9 Å². The van der Waals surface area contributed by atoms with Gasteiger partial charge in [0.05, 0.1) is 12.6 Å². The lowest BCUT2D eigenvalue weighted by Crippen LogP contribution is -2.33. The molecule has 0 radical (unpaired) electrons. The van der Waals surface area contributed by atoms with E-state index in [2.05, 4.69) is 35.9 Å². The van der Waals surface area contributed by atoms with Gasteiger partial charge in [0.1, 0.15) is 11.6 Å². The molecule has 0 spiro atoms. The number of anilines is 1. The van der Waals surface area contributed by atoms with E-state index in [0.29, 0.717) is 17.8 Å². The smallest absolute Gasteiger partial charge is 0.406 e. The minimum atomic E-state index is -4.76. The summed E-state index contributed by atoms with van der Waals surface area (Å²) in [7, 11) is 0. The number of benzene rings is 1. The van der Waals surface area contributed by atoms with Crippen LogP contribution in [0.15, 0.2) is 53.2 Å². The molecule has 5 rings (SSSR count). The monoisotopic (exact) mass is 509 g/mol. The Morgan fingerprint density at radius 3 is 2.59 bits per heavy atom. The van der Waals surface area contributed by atoms with Crippen LogP contribution in [-0.2, 0) is 6.54 Å². The first-order chi connectivity index (χ1) is 17.8. The van der Waals surface area contributed by atoms with Crippen LogP contribution in [0.1, 0.15) is 24.1 Å². The Labute approximate surface area is 210 Å². The number of ether oxygens (including phenoxy) is 1. The molecule has 4 aromatic rings. The van der Waals surface area contributed by atoms with Gasteiger partial charge in [0.25, 0.3) is 5.89 Å². The second-order valence-corrected chi connectivity index (χ2v) is 8.74. The number of nitrogens with zero attached hydrogens (tertiary/aromatic N) is 7. The van der Waals surface area contributed by atoms with Crippen molar-refractivity contribution in [1.82, 2.24) is 24.9 Å². The lowest BCUT2D eigenvalue weighted by Gasteiger charge is -2.30. The average Bonchev–Trinajstić information content (AvgIpc) is 3.51. The molecule has 1 fully saturated rings. The Morgan fingerprint density at radius 2 is 1.89 bits per heavy atom. The molecule has 0 N–H and O–H groups in total. The van der Waals surface area contributed by atoms with E-state index in [-0.39, 0.29) is 23.4 Å². The third-order valence-corrected chi connectivity index (χ3v) is 6.12. The summed E-state index contributed by atoms with van der Waals surface area (Å²) in [5.41, 5.74) is 2.87. The van der Waals surface area contributed by atoms with E-state index in [0.717, 1.165) is 43.0 Å². The molecule has 0 atom stereocenters. The summed E-state index contributed by atoms with van der Waals surface area (Å²) in [5.74, 6) is 1.08. The lowest BCUT2D eigenvalue weighted by atomic mass is 9.98. The van der Waals surface area contributed by atoms with Crippen molar-refractivity contribution in [2.24, 2.45) is 5.92 Å². The molecule has 0 unspecified atom stereocenters. The molecule has 0 amide bonds. The van der Waals surface area contributed by atoms with Crippen molar-refractivity contribution in [3.8, 4) is 34.8 Å². The molecule has 3 aromatic heterocycles. The number of hydrogen-bond donors (Lipinski definition) is 0. The predicted octanol–water partition coefficient (Wildman–Crippen LogP) is 4.99. The Bertz CT molecular complexity index is 1420. The summed E-state index contributed by atoms with van der Waals surface area (Å²) < 4.78 is 48.2. The zero-order valence-corrected chi connectivity index (χ0v) is 19.8. The van der Waals surface area contributed by atoms with Gasteiger partial charge in [-0.3, -0.25) is 4.68 Å². The van der Waals surface area contributed by atoms with Gasteiger partial charge < -0.3 is 14.2 Å². The Hall–Kier alpha value is -4.40. The maximum absolute atomic E-state index is 12.4. The van der Waals surface area contributed by atoms with Crippen LogP contribution in [0.2, 0.25) is 0 Å². The van der Waals surface area contributed by atoms with E-state index >= 15 is 0 Å². The normalized spacial score (nSPS) is 14.5. The van der Waals surface area contributed by atoms with E-state index in [1.165, 1.54) is 24.3 Å². The Balaban J connectivity index is 1.28. The van der Waals surface area contributed by atoms with Crippen molar-refractivity contribution in [2.75, 3.05) is 18.0 Å². The number of aryl methyl sites for hydroxylation is 1. The third-order valence-electron chi connectivity index (χ3n) is 6.12. The van der Waals surface area contributed by atoms with Gasteiger partial charge in [-0.2, -0.15) is 15.3 Å². The van der Waals surface area contributed by atoms with E-state index < -0.39 is 6.36 Å². The van der Waals surface area contributed by atoms with Crippen molar-refractivity contribution in [2.45, 2.75) is 32.7 Å². The quantitative estimate of drug-likeness (QED) is 0.358. The minimum Gasteiger partial charge on any atom is -0.406 e. The highest BCUT2D eigenvalue weighted by molar-refractivity contribution is 5.59. The van der Waals surface area contributed by atoms with Gasteiger partial charge in [-0.1, -0.05) is 5.16 Å². The van der Waals surface area contributed by atoms with Crippen molar-refractivity contribution in [3.63, 3.8) is 0 Å². The minimum absolute atomic E-state index is 0.109. The SMILES string of the molecule is Cc1cc(-c2nc(-c3ccc(OC(F)(F)F)cc3)no2)nn1Cc1ccnc(N2CCC(C#N)CC2)c1. The summed E-state index contributed by atoms with van der Waals surface area (Å²) in [6.07, 6.45) is -1.32. The van der Waals surface area contributed by atoms with Gasteiger partial charge in [-0.05, 0) is 67.8 Å². The number of nitriles is 1. The first-order valence-corrected chi connectivity index (χ1v) is 11.6. The summed E-state index contributed by atoms with van der Waals surface area (Å²) in [6, 6.07) is 13.3.